The van der Waals surface area contributed by atoms with Crippen molar-refractivity contribution in [2.75, 3.05) is 14.1 Å². The predicted molar refractivity (Wildman–Crippen MR) is 117 cm³/mol. The maximum atomic E-state index is 12.3. The molecule has 0 spiro atoms. The summed E-state index contributed by atoms with van der Waals surface area (Å²) < 4.78 is 6.56. The Morgan fingerprint density at radius 3 is 2.56 bits per heavy atom. The molecule has 4 nitrogen and oxygen atoms in total. The molecular weight excluding hydrogens is 471 g/mol. The fourth-order valence-electron chi connectivity index (χ4n) is 2.44. The van der Waals surface area contributed by atoms with E-state index in [4.69, 9.17) is 27.9 Å². The fourth-order valence-corrected chi connectivity index (χ4v) is 4.48. The van der Waals surface area contributed by atoms with Crippen LogP contribution < -0.4 is 4.74 Å². The van der Waals surface area contributed by atoms with Gasteiger partial charge in [0.15, 0.2) is 10.9 Å². The number of halogens is 3. The van der Waals surface area contributed by atoms with Crippen molar-refractivity contribution < 1.29 is 9.53 Å². The number of carbonyl (C=O) groups excluding carboxylic acids is 1. The summed E-state index contributed by atoms with van der Waals surface area (Å²) in [5.41, 5.74) is 1.78. The summed E-state index contributed by atoms with van der Waals surface area (Å²) in [5.74, 6) is 0.461. The van der Waals surface area contributed by atoms with Gasteiger partial charge in [-0.15, -0.1) is 0 Å². The molecule has 1 aliphatic heterocycles. The zero-order chi connectivity index (χ0) is 19.6. The van der Waals surface area contributed by atoms with E-state index in [1.807, 2.05) is 30.3 Å². The number of nitrogens with zero attached hydrogens (tertiary/aromatic N) is 2. The first-order valence-electron chi connectivity index (χ1n) is 7.89. The lowest BCUT2D eigenvalue weighted by Crippen LogP contribution is -2.23. The molecule has 1 aliphatic rings. The number of thioether (sulfide) groups is 1. The summed E-state index contributed by atoms with van der Waals surface area (Å²) in [6.07, 6.45) is 1.79. The third-order valence-electron chi connectivity index (χ3n) is 3.81. The molecule has 0 bridgehead atoms. The third kappa shape index (κ3) is 4.69. The second-order valence-corrected chi connectivity index (χ2v) is 8.42. The highest BCUT2D eigenvalue weighted by molar-refractivity contribution is 9.10. The molecule has 0 aliphatic carbocycles. The molecule has 27 heavy (non-hydrogen) atoms. The summed E-state index contributed by atoms with van der Waals surface area (Å²) in [6.45, 7) is 0.366. The van der Waals surface area contributed by atoms with Crippen LogP contribution >= 0.6 is 50.9 Å². The Morgan fingerprint density at radius 1 is 1.26 bits per heavy atom. The molecule has 1 saturated heterocycles. The maximum absolute atomic E-state index is 12.3. The van der Waals surface area contributed by atoms with Crippen LogP contribution in [-0.2, 0) is 11.4 Å². The number of carbonyl (C=O) groups is 1. The SMILES string of the molecule is CN=C1S/C(=C/c2cc(Cl)c(OCc3ccc(Cl)cc3)c(Br)c2)C(=O)N1C. The minimum absolute atomic E-state index is 0.0871. The minimum Gasteiger partial charge on any atom is -0.486 e. The molecule has 0 saturated carbocycles. The van der Waals surface area contributed by atoms with Crippen LogP contribution in [0.4, 0.5) is 0 Å². The van der Waals surface area contributed by atoms with E-state index in [0.29, 0.717) is 36.9 Å². The number of likely N-dealkylation sites (N-methyl/N-ethyl adjacent to an activating group) is 1. The molecule has 140 valence electrons. The van der Waals surface area contributed by atoms with E-state index in [1.165, 1.54) is 16.7 Å². The van der Waals surface area contributed by atoms with Gasteiger partial charge in [-0.3, -0.25) is 14.7 Å². The molecule has 3 rings (SSSR count). The molecule has 1 fully saturated rings. The Kier molecular flexibility index (Phi) is 6.52. The fraction of sp³-hybridized carbons (Fsp3) is 0.158. The lowest BCUT2D eigenvalue weighted by Gasteiger charge is -2.11. The number of amidine groups is 1. The summed E-state index contributed by atoms with van der Waals surface area (Å²) in [7, 11) is 3.37. The number of ether oxygens (including phenoxy) is 1. The van der Waals surface area contributed by atoms with Gasteiger partial charge in [0, 0.05) is 19.1 Å². The maximum Gasteiger partial charge on any atom is 0.266 e. The van der Waals surface area contributed by atoms with E-state index in [0.717, 1.165) is 11.1 Å². The van der Waals surface area contributed by atoms with E-state index >= 15 is 0 Å². The normalized spacial score (nSPS) is 17.2. The van der Waals surface area contributed by atoms with Crippen molar-refractivity contribution in [2.45, 2.75) is 6.61 Å². The minimum atomic E-state index is -0.0871. The first-order chi connectivity index (χ1) is 12.9. The van der Waals surface area contributed by atoms with E-state index in [2.05, 4.69) is 20.9 Å². The van der Waals surface area contributed by atoms with Gasteiger partial charge in [-0.25, -0.2) is 0 Å². The highest BCUT2D eigenvalue weighted by Crippen LogP contribution is 2.37. The average molecular weight is 486 g/mol. The second-order valence-electron chi connectivity index (χ2n) is 5.71. The average Bonchev–Trinajstić information content (AvgIpc) is 2.90. The summed E-state index contributed by atoms with van der Waals surface area (Å²) in [4.78, 5) is 18.5. The van der Waals surface area contributed by atoms with Crippen LogP contribution in [-0.4, -0.2) is 30.1 Å². The molecule has 1 heterocycles. The first kappa shape index (κ1) is 20.3. The monoisotopic (exact) mass is 484 g/mol. The van der Waals surface area contributed by atoms with Gasteiger partial charge in [-0.05, 0) is 69.2 Å². The molecule has 0 N–H and O–H groups in total. The molecule has 0 atom stereocenters. The van der Waals surface area contributed by atoms with E-state index in [-0.39, 0.29) is 5.91 Å². The Balaban J connectivity index is 1.80. The molecular formula is C19H15BrCl2N2O2S. The third-order valence-corrected chi connectivity index (χ3v) is 6.08. The number of hydrogen-bond donors (Lipinski definition) is 0. The van der Waals surface area contributed by atoms with Crippen molar-refractivity contribution in [1.29, 1.82) is 0 Å². The number of amides is 1. The molecule has 2 aromatic carbocycles. The summed E-state index contributed by atoms with van der Waals surface area (Å²) in [6, 6.07) is 11.1. The van der Waals surface area contributed by atoms with Crippen LogP contribution in [0.15, 0.2) is 50.8 Å². The Hall–Kier alpha value is -1.47. The predicted octanol–water partition coefficient (Wildman–Crippen LogP) is 5.87. The van der Waals surface area contributed by atoms with Crippen molar-refractivity contribution in [3.05, 3.63) is 66.9 Å². The number of hydrogen-bond acceptors (Lipinski definition) is 4. The van der Waals surface area contributed by atoms with Gasteiger partial charge in [0.1, 0.15) is 6.61 Å². The van der Waals surface area contributed by atoms with Crippen LogP contribution in [0.5, 0.6) is 5.75 Å². The molecule has 2 aromatic rings. The van der Waals surface area contributed by atoms with Gasteiger partial charge in [-0.1, -0.05) is 35.3 Å². The largest absolute Gasteiger partial charge is 0.486 e. The van der Waals surface area contributed by atoms with Crippen LogP contribution in [0.3, 0.4) is 0 Å². The Labute approximate surface area is 180 Å². The first-order valence-corrected chi connectivity index (χ1v) is 10.3. The van der Waals surface area contributed by atoms with Crippen molar-refractivity contribution in [3.63, 3.8) is 0 Å². The highest BCUT2D eigenvalue weighted by Gasteiger charge is 2.29. The van der Waals surface area contributed by atoms with Crippen molar-refractivity contribution in [1.82, 2.24) is 4.90 Å². The molecule has 0 unspecified atom stereocenters. The van der Waals surface area contributed by atoms with Gasteiger partial charge < -0.3 is 4.74 Å². The zero-order valence-corrected chi connectivity index (χ0v) is 18.4. The lowest BCUT2D eigenvalue weighted by atomic mass is 10.2. The molecule has 8 heteroatoms. The summed E-state index contributed by atoms with van der Waals surface area (Å²) in [5, 5.41) is 1.80. The van der Waals surface area contributed by atoms with Crippen LogP contribution in [0.25, 0.3) is 6.08 Å². The van der Waals surface area contributed by atoms with Gasteiger partial charge in [0.2, 0.25) is 0 Å². The van der Waals surface area contributed by atoms with Gasteiger partial charge in [0.05, 0.1) is 14.4 Å². The van der Waals surface area contributed by atoms with Gasteiger partial charge in [0.25, 0.3) is 5.91 Å². The number of rotatable bonds is 4. The zero-order valence-electron chi connectivity index (χ0n) is 14.5. The van der Waals surface area contributed by atoms with Crippen LogP contribution in [0.1, 0.15) is 11.1 Å². The quantitative estimate of drug-likeness (QED) is 0.508. The lowest BCUT2D eigenvalue weighted by molar-refractivity contribution is -0.121. The van der Waals surface area contributed by atoms with Crippen LogP contribution in [0, 0.1) is 0 Å². The van der Waals surface area contributed by atoms with E-state index in [1.54, 1.807) is 26.2 Å². The molecule has 0 aromatic heterocycles. The number of aliphatic imine (C=N–C) groups is 1. The topological polar surface area (TPSA) is 41.9 Å². The Bertz CT molecular complexity index is 922. The van der Waals surface area contributed by atoms with Gasteiger partial charge in [-0.2, -0.15) is 0 Å². The molecule has 1 amide bonds. The van der Waals surface area contributed by atoms with Crippen molar-refractivity contribution in [2.24, 2.45) is 4.99 Å². The summed E-state index contributed by atoms with van der Waals surface area (Å²) >= 11 is 17.1. The van der Waals surface area contributed by atoms with Crippen molar-refractivity contribution in [3.8, 4) is 5.75 Å². The Morgan fingerprint density at radius 2 is 1.96 bits per heavy atom. The standard InChI is InChI=1S/C19H15BrCl2N2O2S/c1-23-19-24(2)18(25)16(27-19)9-12-7-14(20)17(15(22)8-12)26-10-11-3-5-13(21)6-4-11/h3-9H,10H2,1-2H3/b16-9+,23-19?. The van der Waals surface area contributed by atoms with Crippen LogP contribution in [0.2, 0.25) is 10.0 Å². The molecule has 0 radical (unpaired) electrons. The highest BCUT2D eigenvalue weighted by atomic mass is 79.9. The van der Waals surface area contributed by atoms with E-state index < -0.39 is 0 Å². The second kappa shape index (κ2) is 8.69. The van der Waals surface area contributed by atoms with Crippen molar-refractivity contribution >= 4 is 68.0 Å². The number of benzene rings is 2. The smallest absolute Gasteiger partial charge is 0.266 e. The van der Waals surface area contributed by atoms with E-state index in [9.17, 15) is 4.79 Å². The van der Waals surface area contributed by atoms with Gasteiger partial charge >= 0.3 is 0 Å².